The molecule has 1 aliphatic rings. The predicted octanol–water partition coefficient (Wildman–Crippen LogP) is 3.22. The Kier molecular flexibility index (Phi) is 3.50. The van der Waals surface area contributed by atoms with Gasteiger partial charge in [0.05, 0.1) is 16.1 Å². The van der Waals surface area contributed by atoms with Crippen molar-refractivity contribution in [1.29, 1.82) is 0 Å². The smallest absolute Gasteiger partial charge is 0.169 e. The lowest BCUT2D eigenvalue weighted by atomic mass is 10.1. The fourth-order valence-corrected chi connectivity index (χ4v) is 3.88. The topological polar surface area (TPSA) is 41.9 Å². The van der Waals surface area contributed by atoms with E-state index in [1.807, 2.05) is 24.0 Å². The molecule has 0 aliphatic carbocycles. The zero-order valence-electron chi connectivity index (χ0n) is 11.4. The lowest BCUT2D eigenvalue weighted by Crippen LogP contribution is -2.30. The van der Waals surface area contributed by atoms with Gasteiger partial charge in [-0.15, -0.1) is 22.7 Å². The summed E-state index contributed by atoms with van der Waals surface area (Å²) in [5, 5.41) is 2.06. The third-order valence-electron chi connectivity index (χ3n) is 3.62. The van der Waals surface area contributed by atoms with Crippen molar-refractivity contribution in [2.24, 2.45) is 0 Å². The Labute approximate surface area is 131 Å². The van der Waals surface area contributed by atoms with E-state index in [0.29, 0.717) is 0 Å². The van der Waals surface area contributed by atoms with Crippen molar-refractivity contribution < 1.29 is 0 Å². The largest absolute Gasteiger partial charge is 0.293 e. The molecule has 0 spiro atoms. The first-order valence-electron chi connectivity index (χ1n) is 6.87. The quantitative estimate of drug-likeness (QED) is 0.744. The third kappa shape index (κ3) is 2.74. The maximum atomic E-state index is 4.75. The van der Waals surface area contributed by atoms with Gasteiger partial charge in [-0.1, -0.05) is 6.07 Å². The summed E-state index contributed by atoms with van der Waals surface area (Å²) in [7, 11) is 0. The Morgan fingerprint density at radius 1 is 1.24 bits per heavy atom. The van der Waals surface area contributed by atoms with E-state index in [4.69, 9.17) is 4.98 Å². The lowest BCUT2D eigenvalue weighted by Gasteiger charge is -2.27. The van der Waals surface area contributed by atoms with Crippen LogP contribution in [0.15, 0.2) is 35.4 Å². The van der Waals surface area contributed by atoms with E-state index < -0.39 is 0 Å². The molecule has 3 aromatic rings. The van der Waals surface area contributed by atoms with E-state index in [9.17, 15) is 0 Å². The van der Waals surface area contributed by atoms with Gasteiger partial charge in [0.2, 0.25) is 0 Å². The SMILES string of the molecule is c1csc(-c2ncc3c(n2)CCN(Cc2cncs2)C3)c1. The van der Waals surface area contributed by atoms with Crippen LogP contribution in [0.3, 0.4) is 0 Å². The van der Waals surface area contributed by atoms with Crippen LogP contribution in [0, 0.1) is 0 Å². The average Bonchev–Trinajstić information content (AvgIpc) is 3.20. The first-order chi connectivity index (χ1) is 10.4. The minimum absolute atomic E-state index is 0.861. The number of nitrogens with zero attached hydrogens (tertiary/aromatic N) is 4. The van der Waals surface area contributed by atoms with Crippen LogP contribution in [0.5, 0.6) is 0 Å². The molecule has 3 aromatic heterocycles. The molecule has 0 unspecified atom stereocenters. The molecule has 1 aliphatic heterocycles. The molecule has 106 valence electrons. The molecule has 4 heterocycles. The van der Waals surface area contributed by atoms with E-state index in [0.717, 1.165) is 36.8 Å². The highest BCUT2D eigenvalue weighted by atomic mass is 32.1. The minimum atomic E-state index is 0.861. The number of aromatic nitrogens is 3. The van der Waals surface area contributed by atoms with Crippen molar-refractivity contribution >= 4 is 22.7 Å². The number of thiazole rings is 1. The number of hydrogen-bond donors (Lipinski definition) is 0. The summed E-state index contributed by atoms with van der Waals surface area (Å²) in [4.78, 5) is 18.3. The molecule has 0 saturated heterocycles. The molecule has 0 fully saturated rings. The highest BCUT2D eigenvalue weighted by Crippen LogP contribution is 2.25. The summed E-state index contributed by atoms with van der Waals surface area (Å²) >= 11 is 3.40. The Morgan fingerprint density at radius 2 is 2.24 bits per heavy atom. The number of rotatable bonds is 3. The molecule has 6 heteroatoms. The predicted molar refractivity (Wildman–Crippen MR) is 85.3 cm³/mol. The minimum Gasteiger partial charge on any atom is -0.293 e. The highest BCUT2D eigenvalue weighted by molar-refractivity contribution is 7.13. The molecule has 4 nitrogen and oxygen atoms in total. The van der Waals surface area contributed by atoms with E-state index in [-0.39, 0.29) is 0 Å². The van der Waals surface area contributed by atoms with Crippen molar-refractivity contribution in [2.45, 2.75) is 19.5 Å². The number of hydrogen-bond acceptors (Lipinski definition) is 6. The molecule has 0 atom stereocenters. The van der Waals surface area contributed by atoms with Crippen molar-refractivity contribution in [3.8, 4) is 10.7 Å². The van der Waals surface area contributed by atoms with Gasteiger partial charge in [0.25, 0.3) is 0 Å². The monoisotopic (exact) mass is 314 g/mol. The summed E-state index contributed by atoms with van der Waals surface area (Å²) in [6.45, 7) is 2.94. The van der Waals surface area contributed by atoms with E-state index in [2.05, 4.69) is 26.3 Å². The molecule has 0 N–H and O–H groups in total. The van der Waals surface area contributed by atoms with Crippen molar-refractivity contribution in [3.63, 3.8) is 0 Å². The molecule has 0 amide bonds. The van der Waals surface area contributed by atoms with Crippen LogP contribution in [0.1, 0.15) is 16.1 Å². The zero-order valence-corrected chi connectivity index (χ0v) is 13.0. The fraction of sp³-hybridized carbons (Fsp3) is 0.267. The molecule has 0 saturated carbocycles. The second-order valence-corrected chi connectivity index (χ2v) is 6.99. The Bertz CT molecular complexity index is 722. The Morgan fingerprint density at radius 3 is 3.05 bits per heavy atom. The summed E-state index contributed by atoms with van der Waals surface area (Å²) in [5.41, 5.74) is 4.35. The van der Waals surface area contributed by atoms with E-state index in [1.165, 1.54) is 16.1 Å². The van der Waals surface area contributed by atoms with Gasteiger partial charge >= 0.3 is 0 Å². The van der Waals surface area contributed by atoms with Crippen LogP contribution in [0.25, 0.3) is 10.7 Å². The molecule has 21 heavy (non-hydrogen) atoms. The highest BCUT2D eigenvalue weighted by Gasteiger charge is 2.19. The lowest BCUT2D eigenvalue weighted by molar-refractivity contribution is 0.245. The zero-order chi connectivity index (χ0) is 14.1. The maximum absolute atomic E-state index is 4.75. The van der Waals surface area contributed by atoms with Crippen LogP contribution in [-0.4, -0.2) is 26.4 Å². The first-order valence-corrected chi connectivity index (χ1v) is 8.63. The van der Waals surface area contributed by atoms with Gasteiger partial charge in [-0.25, -0.2) is 9.97 Å². The molecular weight excluding hydrogens is 300 g/mol. The van der Waals surface area contributed by atoms with Gasteiger partial charge in [0, 0.05) is 48.9 Å². The van der Waals surface area contributed by atoms with Gasteiger partial charge in [-0.2, -0.15) is 0 Å². The molecule has 0 radical (unpaired) electrons. The average molecular weight is 314 g/mol. The Balaban J connectivity index is 1.54. The Hall–Kier alpha value is -1.63. The second kappa shape index (κ2) is 5.63. The molecule has 4 rings (SSSR count). The van der Waals surface area contributed by atoms with Gasteiger partial charge in [-0.3, -0.25) is 9.88 Å². The first kappa shape index (κ1) is 13.1. The van der Waals surface area contributed by atoms with Gasteiger partial charge < -0.3 is 0 Å². The standard InChI is InChI=1S/C15H14N4S2/c1-2-14(20-5-1)15-17-6-11-8-19(4-3-13(11)18-15)9-12-7-16-10-21-12/h1-2,5-7,10H,3-4,8-9H2. The summed E-state index contributed by atoms with van der Waals surface area (Å²) in [5.74, 6) is 0.861. The van der Waals surface area contributed by atoms with Crippen molar-refractivity contribution in [2.75, 3.05) is 6.54 Å². The van der Waals surface area contributed by atoms with E-state index >= 15 is 0 Å². The van der Waals surface area contributed by atoms with Gasteiger partial charge in [-0.05, 0) is 11.4 Å². The number of thiophene rings is 1. The van der Waals surface area contributed by atoms with Crippen LogP contribution in [-0.2, 0) is 19.5 Å². The number of fused-ring (bicyclic) bond motifs is 1. The maximum Gasteiger partial charge on any atom is 0.169 e. The van der Waals surface area contributed by atoms with Crippen LogP contribution >= 0.6 is 22.7 Å². The third-order valence-corrected chi connectivity index (χ3v) is 5.25. The van der Waals surface area contributed by atoms with Crippen LogP contribution in [0.2, 0.25) is 0 Å². The summed E-state index contributed by atoms with van der Waals surface area (Å²) in [6.07, 6.45) is 4.95. The summed E-state index contributed by atoms with van der Waals surface area (Å²) in [6, 6.07) is 4.12. The van der Waals surface area contributed by atoms with Crippen molar-refractivity contribution in [3.05, 3.63) is 51.6 Å². The molecular formula is C15H14N4S2. The van der Waals surface area contributed by atoms with Crippen LogP contribution < -0.4 is 0 Å². The van der Waals surface area contributed by atoms with Gasteiger partial charge in [0.1, 0.15) is 0 Å². The van der Waals surface area contributed by atoms with E-state index in [1.54, 1.807) is 22.7 Å². The second-order valence-electron chi connectivity index (χ2n) is 5.07. The fourth-order valence-electron chi connectivity index (χ4n) is 2.57. The van der Waals surface area contributed by atoms with Crippen LogP contribution in [0.4, 0.5) is 0 Å². The van der Waals surface area contributed by atoms with Gasteiger partial charge in [0.15, 0.2) is 5.82 Å². The summed E-state index contributed by atoms with van der Waals surface area (Å²) < 4.78 is 0. The molecule has 0 bridgehead atoms. The van der Waals surface area contributed by atoms with Crippen molar-refractivity contribution in [1.82, 2.24) is 19.9 Å². The normalized spacial score (nSPS) is 15.0. The molecule has 0 aromatic carbocycles.